The van der Waals surface area contributed by atoms with Crippen molar-refractivity contribution >= 4 is 34.5 Å². The van der Waals surface area contributed by atoms with Crippen molar-refractivity contribution in [1.82, 2.24) is 15.2 Å². The molecule has 0 saturated carbocycles. The number of carbonyl (C=O) groups is 2. The molecule has 2 aliphatic heterocycles. The maximum Gasteiger partial charge on any atom is 0.245 e. The predicted octanol–water partition coefficient (Wildman–Crippen LogP) is 2.34. The van der Waals surface area contributed by atoms with Crippen molar-refractivity contribution in [2.24, 2.45) is 0 Å². The van der Waals surface area contributed by atoms with E-state index >= 15 is 0 Å². The highest BCUT2D eigenvalue weighted by molar-refractivity contribution is 7.16. The van der Waals surface area contributed by atoms with E-state index in [1.807, 2.05) is 11.8 Å². The molecule has 0 spiro atoms. The normalized spacial score (nSPS) is 20.5. The van der Waals surface area contributed by atoms with Gasteiger partial charge in [-0.05, 0) is 31.4 Å². The summed E-state index contributed by atoms with van der Waals surface area (Å²) in [5.41, 5.74) is 2.26. The molecule has 0 aromatic carbocycles. The van der Waals surface area contributed by atoms with Gasteiger partial charge < -0.3 is 10.2 Å². The van der Waals surface area contributed by atoms with Gasteiger partial charge in [0.15, 0.2) is 0 Å². The fraction of sp³-hybridized carbons (Fsp3) is 0.438. The minimum Gasteiger partial charge on any atom is -0.344 e. The number of aromatic nitrogens is 1. The molecule has 1 atom stereocenters. The minimum atomic E-state index is -0.330. The number of nitrogens with zero attached hydrogens (tertiary/aromatic N) is 2. The lowest BCUT2D eigenvalue weighted by Gasteiger charge is -2.29. The van der Waals surface area contributed by atoms with Gasteiger partial charge in [0.1, 0.15) is 6.04 Å². The number of aryl methyl sites for hydroxylation is 1. The number of rotatable bonds is 2. The molecule has 1 saturated heterocycles. The van der Waals surface area contributed by atoms with Gasteiger partial charge in [-0.3, -0.25) is 9.59 Å². The van der Waals surface area contributed by atoms with Crippen LogP contribution in [0.1, 0.15) is 28.3 Å². The van der Waals surface area contributed by atoms with Gasteiger partial charge in [-0.1, -0.05) is 0 Å². The number of thiazole rings is 1. The molecule has 2 aromatic rings. The molecule has 4 rings (SSSR count). The fourth-order valence-electron chi connectivity index (χ4n) is 3.14. The molecule has 4 heterocycles. The minimum absolute atomic E-state index is 0.0160. The van der Waals surface area contributed by atoms with Gasteiger partial charge in [0.2, 0.25) is 11.8 Å². The van der Waals surface area contributed by atoms with Gasteiger partial charge >= 0.3 is 0 Å². The lowest BCUT2D eigenvalue weighted by atomic mass is 10.1. The van der Waals surface area contributed by atoms with Crippen LogP contribution in [0, 0.1) is 6.92 Å². The summed E-state index contributed by atoms with van der Waals surface area (Å²) >= 11 is 3.44. The van der Waals surface area contributed by atoms with Crippen molar-refractivity contribution in [1.29, 1.82) is 0 Å². The first-order valence-electron chi connectivity index (χ1n) is 7.72. The molecule has 0 radical (unpaired) electrons. The van der Waals surface area contributed by atoms with Crippen LogP contribution in [0.4, 0.5) is 0 Å². The Morgan fingerprint density at radius 2 is 2.30 bits per heavy atom. The van der Waals surface area contributed by atoms with Crippen molar-refractivity contribution in [3.63, 3.8) is 0 Å². The molecule has 1 fully saturated rings. The molecule has 120 valence electrons. The van der Waals surface area contributed by atoms with E-state index in [1.165, 1.54) is 15.3 Å². The predicted molar refractivity (Wildman–Crippen MR) is 90.4 cm³/mol. The summed E-state index contributed by atoms with van der Waals surface area (Å²) in [4.78, 5) is 32.8. The molecule has 2 aliphatic rings. The Morgan fingerprint density at radius 1 is 1.43 bits per heavy atom. The lowest BCUT2D eigenvalue weighted by molar-refractivity contribution is -0.135. The summed E-state index contributed by atoms with van der Waals surface area (Å²) in [6.07, 6.45) is 1.96. The van der Waals surface area contributed by atoms with Gasteiger partial charge in [-0.2, -0.15) is 0 Å². The van der Waals surface area contributed by atoms with Gasteiger partial charge in [0.05, 0.1) is 15.6 Å². The number of carbonyl (C=O) groups excluding carboxylic acids is 2. The van der Waals surface area contributed by atoms with E-state index in [0.29, 0.717) is 19.4 Å². The summed E-state index contributed by atoms with van der Waals surface area (Å²) in [7, 11) is 0. The van der Waals surface area contributed by atoms with Gasteiger partial charge in [-0.15, -0.1) is 22.7 Å². The van der Waals surface area contributed by atoms with E-state index in [0.717, 1.165) is 23.7 Å². The van der Waals surface area contributed by atoms with Crippen LogP contribution in [0.15, 0.2) is 11.4 Å². The molecule has 0 bridgehead atoms. The first-order chi connectivity index (χ1) is 11.1. The monoisotopic (exact) mass is 347 g/mol. The van der Waals surface area contributed by atoms with Crippen LogP contribution in [-0.2, 0) is 22.6 Å². The molecular formula is C16H17N3O2S2. The number of fused-ring (bicyclic) bond motifs is 1. The number of nitrogens with one attached hydrogen (secondary N) is 1. The molecule has 2 amide bonds. The van der Waals surface area contributed by atoms with Gasteiger partial charge in [0, 0.05) is 29.8 Å². The number of hydrogen-bond acceptors (Lipinski definition) is 5. The highest BCUT2D eigenvalue weighted by Crippen LogP contribution is 2.35. The standard InChI is InChI=1S/C16H17N3O2S2/c1-9-17-12(8-22-9)14-6-10-7-19(5-4-13(10)23-14)16(21)11-2-3-15(20)18-11/h6,8,11H,2-5,7H2,1H3,(H,18,20). The highest BCUT2D eigenvalue weighted by Gasteiger charge is 2.32. The summed E-state index contributed by atoms with van der Waals surface area (Å²) in [5, 5.41) is 5.93. The number of hydrogen-bond donors (Lipinski definition) is 1. The van der Waals surface area contributed by atoms with Crippen LogP contribution in [0.25, 0.3) is 10.6 Å². The molecule has 7 heteroatoms. The van der Waals surface area contributed by atoms with Crippen molar-refractivity contribution in [2.45, 2.75) is 38.8 Å². The maximum absolute atomic E-state index is 12.5. The zero-order valence-corrected chi connectivity index (χ0v) is 14.4. The molecule has 0 aliphatic carbocycles. The Morgan fingerprint density at radius 3 is 3.00 bits per heavy atom. The SMILES string of the molecule is Cc1nc(-c2cc3c(s2)CCN(C(=O)C2CCC(=O)N2)C3)cs1. The Labute approximate surface area is 142 Å². The Hall–Kier alpha value is -1.73. The number of amides is 2. The second-order valence-corrected chi connectivity index (χ2v) is 8.18. The third-order valence-electron chi connectivity index (χ3n) is 4.34. The average Bonchev–Trinajstić information content (AvgIpc) is 3.24. The zero-order chi connectivity index (χ0) is 16.0. The van der Waals surface area contributed by atoms with Gasteiger partial charge in [-0.25, -0.2) is 4.98 Å². The smallest absolute Gasteiger partial charge is 0.245 e. The number of thiophene rings is 1. The molecule has 23 heavy (non-hydrogen) atoms. The Balaban J connectivity index is 1.52. The van der Waals surface area contributed by atoms with Crippen molar-refractivity contribution in [2.75, 3.05) is 6.54 Å². The van der Waals surface area contributed by atoms with E-state index in [4.69, 9.17) is 0 Å². The summed E-state index contributed by atoms with van der Waals surface area (Å²) in [5.74, 6) is 0.0384. The fourth-order valence-corrected chi connectivity index (χ4v) is 4.95. The highest BCUT2D eigenvalue weighted by atomic mass is 32.1. The van der Waals surface area contributed by atoms with Crippen LogP contribution < -0.4 is 5.32 Å². The first-order valence-corrected chi connectivity index (χ1v) is 9.42. The molecule has 1 N–H and O–H groups in total. The topological polar surface area (TPSA) is 62.3 Å². The van der Waals surface area contributed by atoms with Crippen LogP contribution in [0.2, 0.25) is 0 Å². The lowest BCUT2D eigenvalue weighted by Crippen LogP contribution is -2.46. The van der Waals surface area contributed by atoms with E-state index in [2.05, 4.69) is 21.7 Å². The Bertz CT molecular complexity index is 780. The quantitative estimate of drug-likeness (QED) is 0.907. The van der Waals surface area contributed by atoms with Crippen molar-refractivity contribution in [3.05, 3.63) is 26.9 Å². The van der Waals surface area contributed by atoms with Crippen LogP contribution in [-0.4, -0.2) is 34.3 Å². The Kier molecular flexibility index (Phi) is 3.69. The van der Waals surface area contributed by atoms with Crippen LogP contribution >= 0.6 is 22.7 Å². The van der Waals surface area contributed by atoms with Crippen LogP contribution in [0.5, 0.6) is 0 Å². The van der Waals surface area contributed by atoms with E-state index < -0.39 is 0 Å². The van der Waals surface area contributed by atoms with E-state index in [1.54, 1.807) is 22.7 Å². The second kappa shape index (κ2) is 5.72. The molecule has 2 aromatic heterocycles. The molecule has 5 nitrogen and oxygen atoms in total. The first kappa shape index (κ1) is 14.8. The molecule has 1 unspecified atom stereocenters. The van der Waals surface area contributed by atoms with Crippen LogP contribution in [0.3, 0.4) is 0 Å². The average molecular weight is 347 g/mol. The van der Waals surface area contributed by atoms with Gasteiger partial charge in [0.25, 0.3) is 0 Å². The summed E-state index contributed by atoms with van der Waals surface area (Å²) in [6, 6.07) is 1.84. The van der Waals surface area contributed by atoms with E-state index in [-0.39, 0.29) is 17.9 Å². The van der Waals surface area contributed by atoms with E-state index in [9.17, 15) is 9.59 Å². The summed E-state index contributed by atoms with van der Waals surface area (Å²) < 4.78 is 0. The molecular weight excluding hydrogens is 330 g/mol. The van der Waals surface area contributed by atoms with Crippen molar-refractivity contribution < 1.29 is 9.59 Å². The zero-order valence-electron chi connectivity index (χ0n) is 12.8. The maximum atomic E-state index is 12.5. The third-order valence-corrected chi connectivity index (χ3v) is 6.38. The summed E-state index contributed by atoms with van der Waals surface area (Å²) in [6.45, 7) is 3.38. The third kappa shape index (κ3) is 2.79. The largest absolute Gasteiger partial charge is 0.344 e. The van der Waals surface area contributed by atoms with Crippen molar-refractivity contribution in [3.8, 4) is 10.6 Å². The second-order valence-electron chi connectivity index (χ2n) is 5.98.